The Morgan fingerprint density at radius 2 is 2.42 bits per heavy atom. The highest BCUT2D eigenvalue weighted by molar-refractivity contribution is 9.10. The average molecular weight is 340 g/mol. The van der Waals surface area contributed by atoms with Crippen LogP contribution >= 0.6 is 27.3 Å². The Morgan fingerprint density at radius 3 is 3.11 bits per heavy atom. The fourth-order valence-corrected chi connectivity index (χ4v) is 2.99. The van der Waals surface area contributed by atoms with Crippen molar-refractivity contribution in [3.8, 4) is 10.7 Å². The average Bonchev–Trinajstić information content (AvgIpc) is 3.07. The van der Waals surface area contributed by atoms with Crippen LogP contribution in [-0.2, 0) is 6.42 Å². The third-order valence-corrected chi connectivity index (χ3v) is 4.23. The van der Waals surface area contributed by atoms with Gasteiger partial charge in [0.15, 0.2) is 0 Å². The van der Waals surface area contributed by atoms with E-state index in [2.05, 4.69) is 36.0 Å². The maximum absolute atomic E-state index is 6.03. The van der Waals surface area contributed by atoms with E-state index in [9.17, 15) is 0 Å². The zero-order chi connectivity index (χ0) is 13.2. The van der Waals surface area contributed by atoms with Gasteiger partial charge in [0.1, 0.15) is 0 Å². The molecule has 0 saturated heterocycles. The van der Waals surface area contributed by atoms with Gasteiger partial charge in [-0.15, -0.1) is 11.3 Å². The van der Waals surface area contributed by atoms with Crippen LogP contribution < -0.4 is 5.73 Å². The largest absolute Gasteiger partial charge is 0.348 e. The summed E-state index contributed by atoms with van der Waals surface area (Å²) in [4.78, 5) is 12.2. The lowest BCUT2D eigenvalue weighted by Gasteiger charge is -2.03. The Bertz CT molecular complexity index is 662. The van der Waals surface area contributed by atoms with Gasteiger partial charge in [0.2, 0.25) is 11.7 Å². The van der Waals surface area contributed by atoms with Crippen molar-refractivity contribution in [3.05, 3.63) is 40.0 Å². The van der Waals surface area contributed by atoms with Crippen LogP contribution in [-0.4, -0.2) is 20.1 Å². The number of H-pyrrole nitrogens is 1. The molecule has 3 aromatic heterocycles. The SMILES string of the molecule is N[C@@H](Cc1cnc[nH]1)c1nc(-c2cc(Br)cs2)no1. The van der Waals surface area contributed by atoms with E-state index < -0.39 is 0 Å². The Balaban J connectivity index is 1.77. The molecule has 0 aromatic carbocycles. The summed E-state index contributed by atoms with van der Waals surface area (Å²) in [6, 6.07) is 1.60. The minimum absolute atomic E-state index is 0.342. The van der Waals surface area contributed by atoms with Crippen molar-refractivity contribution in [2.75, 3.05) is 0 Å². The summed E-state index contributed by atoms with van der Waals surface area (Å²) in [6.07, 6.45) is 3.92. The third kappa shape index (κ3) is 2.75. The molecule has 0 spiro atoms. The van der Waals surface area contributed by atoms with Crippen LogP contribution in [0.3, 0.4) is 0 Å². The molecule has 0 fully saturated rings. The number of nitrogens with two attached hydrogens (primary N) is 1. The number of nitrogens with one attached hydrogen (secondary N) is 1. The van der Waals surface area contributed by atoms with E-state index in [1.807, 2.05) is 11.4 Å². The molecule has 0 amide bonds. The first-order valence-electron chi connectivity index (χ1n) is 5.53. The molecule has 8 heteroatoms. The maximum Gasteiger partial charge on any atom is 0.244 e. The number of aromatic amines is 1. The molecule has 0 radical (unpaired) electrons. The molecule has 0 aliphatic heterocycles. The van der Waals surface area contributed by atoms with Gasteiger partial charge in [0.05, 0.1) is 17.2 Å². The first-order chi connectivity index (χ1) is 9.22. The zero-order valence-electron chi connectivity index (χ0n) is 9.71. The number of rotatable bonds is 4. The van der Waals surface area contributed by atoms with Crippen molar-refractivity contribution in [2.24, 2.45) is 5.73 Å². The van der Waals surface area contributed by atoms with Crippen molar-refractivity contribution in [1.29, 1.82) is 0 Å². The molecule has 19 heavy (non-hydrogen) atoms. The highest BCUT2D eigenvalue weighted by Crippen LogP contribution is 2.28. The molecular formula is C11H10BrN5OS. The summed E-state index contributed by atoms with van der Waals surface area (Å²) >= 11 is 4.94. The quantitative estimate of drug-likeness (QED) is 0.761. The first-order valence-corrected chi connectivity index (χ1v) is 7.20. The topological polar surface area (TPSA) is 93.6 Å². The second-order valence-electron chi connectivity index (χ2n) is 3.97. The van der Waals surface area contributed by atoms with Crippen LogP contribution in [0.2, 0.25) is 0 Å². The molecular weight excluding hydrogens is 330 g/mol. The molecule has 6 nitrogen and oxygen atoms in total. The molecule has 0 unspecified atom stereocenters. The predicted octanol–water partition coefficient (Wildman–Crippen LogP) is 2.53. The Labute approximate surface area is 121 Å². The molecule has 3 aromatic rings. The van der Waals surface area contributed by atoms with Crippen LogP contribution in [0.25, 0.3) is 10.7 Å². The van der Waals surface area contributed by atoms with E-state index in [4.69, 9.17) is 10.3 Å². The van der Waals surface area contributed by atoms with Gasteiger partial charge in [0, 0.05) is 28.2 Å². The highest BCUT2D eigenvalue weighted by Gasteiger charge is 2.17. The van der Waals surface area contributed by atoms with Crippen LogP contribution in [0, 0.1) is 0 Å². The summed E-state index contributed by atoms with van der Waals surface area (Å²) in [5.74, 6) is 0.986. The number of hydrogen-bond acceptors (Lipinski definition) is 6. The van der Waals surface area contributed by atoms with Gasteiger partial charge in [0.25, 0.3) is 0 Å². The Kier molecular flexibility index (Phi) is 3.45. The van der Waals surface area contributed by atoms with Crippen molar-refractivity contribution in [2.45, 2.75) is 12.5 Å². The van der Waals surface area contributed by atoms with Gasteiger partial charge in [-0.25, -0.2) is 4.98 Å². The fourth-order valence-electron chi connectivity index (χ4n) is 1.64. The zero-order valence-corrected chi connectivity index (χ0v) is 12.1. The van der Waals surface area contributed by atoms with Gasteiger partial charge >= 0.3 is 0 Å². The van der Waals surface area contributed by atoms with Gasteiger partial charge < -0.3 is 15.2 Å². The predicted molar refractivity (Wildman–Crippen MR) is 74.5 cm³/mol. The van der Waals surface area contributed by atoms with Crippen LogP contribution in [0.15, 0.2) is 33.0 Å². The molecule has 3 rings (SSSR count). The van der Waals surface area contributed by atoms with E-state index in [-0.39, 0.29) is 6.04 Å². The summed E-state index contributed by atoms with van der Waals surface area (Å²) < 4.78 is 6.21. The number of imidazole rings is 1. The molecule has 3 N–H and O–H groups in total. The highest BCUT2D eigenvalue weighted by atomic mass is 79.9. The lowest BCUT2D eigenvalue weighted by Crippen LogP contribution is -2.13. The van der Waals surface area contributed by atoms with Gasteiger partial charge in [-0.1, -0.05) is 5.16 Å². The summed E-state index contributed by atoms with van der Waals surface area (Å²) in [5.41, 5.74) is 6.97. The minimum Gasteiger partial charge on any atom is -0.348 e. The molecule has 0 aliphatic rings. The fraction of sp³-hybridized carbons (Fsp3) is 0.182. The smallest absolute Gasteiger partial charge is 0.244 e. The number of thiophene rings is 1. The van der Waals surface area contributed by atoms with E-state index in [1.165, 1.54) is 0 Å². The molecule has 0 bridgehead atoms. The third-order valence-electron chi connectivity index (χ3n) is 2.54. The lowest BCUT2D eigenvalue weighted by atomic mass is 10.2. The van der Waals surface area contributed by atoms with E-state index in [0.29, 0.717) is 18.1 Å². The van der Waals surface area contributed by atoms with E-state index in [0.717, 1.165) is 15.0 Å². The molecule has 98 valence electrons. The molecule has 3 heterocycles. The van der Waals surface area contributed by atoms with Gasteiger partial charge in [-0.05, 0) is 22.0 Å². The minimum atomic E-state index is -0.342. The molecule has 0 aliphatic carbocycles. The summed E-state index contributed by atoms with van der Waals surface area (Å²) in [6.45, 7) is 0. The summed E-state index contributed by atoms with van der Waals surface area (Å²) in [7, 11) is 0. The van der Waals surface area contributed by atoms with E-state index in [1.54, 1.807) is 23.9 Å². The van der Waals surface area contributed by atoms with Crippen LogP contribution in [0.1, 0.15) is 17.6 Å². The van der Waals surface area contributed by atoms with Crippen molar-refractivity contribution in [1.82, 2.24) is 20.1 Å². The summed E-state index contributed by atoms with van der Waals surface area (Å²) in [5, 5.41) is 5.92. The maximum atomic E-state index is 6.03. The monoisotopic (exact) mass is 339 g/mol. The lowest BCUT2D eigenvalue weighted by molar-refractivity contribution is 0.354. The van der Waals surface area contributed by atoms with Crippen LogP contribution in [0.5, 0.6) is 0 Å². The van der Waals surface area contributed by atoms with Gasteiger partial charge in [-0.3, -0.25) is 0 Å². The van der Waals surface area contributed by atoms with Crippen LogP contribution in [0.4, 0.5) is 0 Å². The first kappa shape index (κ1) is 12.5. The molecule has 1 atom stereocenters. The van der Waals surface area contributed by atoms with Crippen molar-refractivity contribution < 1.29 is 4.52 Å². The molecule has 0 saturated carbocycles. The number of hydrogen-bond donors (Lipinski definition) is 2. The standard InChI is InChI=1S/C11H10BrN5OS/c12-6-1-9(19-4-6)10-16-11(18-17-10)8(13)2-7-3-14-5-15-7/h1,3-5,8H,2,13H2,(H,14,15)/t8-/m0/s1. The Hall–Kier alpha value is -1.51. The normalized spacial score (nSPS) is 12.7. The van der Waals surface area contributed by atoms with Crippen molar-refractivity contribution >= 4 is 27.3 Å². The Morgan fingerprint density at radius 1 is 1.53 bits per heavy atom. The number of aromatic nitrogens is 4. The second-order valence-corrected chi connectivity index (χ2v) is 5.80. The second kappa shape index (κ2) is 5.24. The van der Waals surface area contributed by atoms with Crippen molar-refractivity contribution in [3.63, 3.8) is 0 Å². The van der Waals surface area contributed by atoms with E-state index >= 15 is 0 Å². The number of halogens is 1. The van der Waals surface area contributed by atoms with Gasteiger partial charge in [-0.2, -0.15) is 4.98 Å². The number of nitrogens with zero attached hydrogens (tertiary/aromatic N) is 3.